The van der Waals surface area contributed by atoms with Crippen molar-refractivity contribution in [3.8, 4) is 5.75 Å². The molecule has 1 N–H and O–H groups in total. The average molecular weight is 415 g/mol. The summed E-state index contributed by atoms with van der Waals surface area (Å²) in [6, 6.07) is 23.6. The third kappa shape index (κ3) is 5.72. The van der Waals surface area contributed by atoms with E-state index in [9.17, 15) is 9.59 Å². The summed E-state index contributed by atoms with van der Waals surface area (Å²) < 4.78 is 10.7. The fourth-order valence-electron chi connectivity index (χ4n) is 3.78. The fraction of sp³-hybridized carbons (Fsp3) is 0.231. The van der Waals surface area contributed by atoms with Crippen molar-refractivity contribution in [2.24, 2.45) is 0 Å². The highest BCUT2D eigenvalue weighted by Crippen LogP contribution is 2.25. The number of benzene rings is 3. The highest BCUT2D eigenvalue weighted by atomic mass is 16.6. The van der Waals surface area contributed by atoms with E-state index in [-0.39, 0.29) is 19.1 Å². The van der Waals surface area contributed by atoms with Crippen LogP contribution in [0, 0.1) is 0 Å². The molecular formula is C26H25NO4. The molecule has 0 bridgehead atoms. The Hall–Kier alpha value is -3.60. The minimum atomic E-state index is -0.585. The molecular weight excluding hydrogens is 390 g/mol. The lowest BCUT2D eigenvalue weighted by Crippen LogP contribution is -2.23. The van der Waals surface area contributed by atoms with E-state index in [1.807, 2.05) is 72.8 Å². The Balaban J connectivity index is 1.25. The van der Waals surface area contributed by atoms with Gasteiger partial charge in [0.1, 0.15) is 5.75 Å². The maximum Gasteiger partial charge on any atom is 0.344 e. The topological polar surface area (TPSA) is 64.6 Å². The molecule has 0 saturated carbocycles. The number of carbonyl (C=O) groups excluding carboxylic acids is 2. The molecule has 1 aliphatic carbocycles. The van der Waals surface area contributed by atoms with Crippen LogP contribution in [0.4, 0.5) is 5.69 Å². The molecule has 0 unspecified atom stereocenters. The number of nitrogens with one attached hydrogen (secondary N) is 1. The number of hydrogen-bond acceptors (Lipinski definition) is 4. The summed E-state index contributed by atoms with van der Waals surface area (Å²) in [7, 11) is 0. The number of rotatable bonds is 8. The Labute approximate surface area is 182 Å². The summed E-state index contributed by atoms with van der Waals surface area (Å²) in [5, 5.41) is 2.78. The molecule has 0 radical (unpaired) electrons. The lowest BCUT2D eigenvalue weighted by molar-refractivity contribution is -0.149. The van der Waals surface area contributed by atoms with Crippen LogP contribution in [0.3, 0.4) is 0 Å². The van der Waals surface area contributed by atoms with Crippen molar-refractivity contribution in [1.82, 2.24) is 0 Å². The number of hydrogen-bond donors (Lipinski definition) is 1. The van der Waals surface area contributed by atoms with Crippen molar-refractivity contribution in [2.45, 2.75) is 25.7 Å². The van der Waals surface area contributed by atoms with Gasteiger partial charge in [-0.3, -0.25) is 4.79 Å². The highest BCUT2D eigenvalue weighted by Gasteiger charge is 2.13. The molecule has 0 aromatic heterocycles. The van der Waals surface area contributed by atoms with Crippen LogP contribution in [0.25, 0.3) is 0 Å². The van der Waals surface area contributed by atoms with Gasteiger partial charge in [-0.1, -0.05) is 54.6 Å². The smallest absolute Gasteiger partial charge is 0.344 e. The second-order valence-corrected chi connectivity index (χ2v) is 7.60. The van der Waals surface area contributed by atoms with Crippen molar-refractivity contribution >= 4 is 17.6 Å². The van der Waals surface area contributed by atoms with Crippen molar-refractivity contribution < 1.29 is 19.1 Å². The zero-order valence-corrected chi connectivity index (χ0v) is 17.3. The molecule has 5 nitrogen and oxygen atoms in total. The number of para-hydroxylation sites is 1. The zero-order chi connectivity index (χ0) is 21.5. The third-order valence-corrected chi connectivity index (χ3v) is 5.30. The Morgan fingerprint density at radius 2 is 1.61 bits per heavy atom. The van der Waals surface area contributed by atoms with Crippen LogP contribution in [0.5, 0.6) is 5.75 Å². The number of anilines is 1. The van der Waals surface area contributed by atoms with Crippen molar-refractivity contribution in [2.75, 3.05) is 18.5 Å². The van der Waals surface area contributed by atoms with Gasteiger partial charge in [-0.2, -0.15) is 0 Å². The number of ether oxygens (including phenoxy) is 2. The second-order valence-electron chi connectivity index (χ2n) is 7.60. The van der Waals surface area contributed by atoms with Crippen molar-refractivity contribution in [1.29, 1.82) is 0 Å². The van der Waals surface area contributed by atoms with Gasteiger partial charge in [-0.25, -0.2) is 4.79 Å². The first-order valence-electron chi connectivity index (χ1n) is 10.5. The van der Waals surface area contributed by atoms with Crippen LogP contribution >= 0.6 is 0 Å². The lowest BCUT2D eigenvalue weighted by Gasteiger charge is -2.12. The normalized spacial score (nSPS) is 12.1. The van der Waals surface area contributed by atoms with E-state index in [0.717, 1.165) is 36.1 Å². The van der Waals surface area contributed by atoms with E-state index in [4.69, 9.17) is 9.47 Å². The molecule has 0 aliphatic heterocycles. The van der Waals surface area contributed by atoms with Crippen LogP contribution in [0.1, 0.15) is 28.7 Å². The van der Waals surface area contributed by atoms with Crippen LogP contribution in [-0.2, 0) is 33.6 Å². The predicted octanol–water partition coefficient (Wildman–Crippen LogP) is 4.33. The van der Waals surface area contributed by atoms with Crippen molar-refractivity contribution in [3.05, 3.63) is 95.1 Å². The molecule has 0 atom stereocenters. The van der Waals surface area contributed by atoms with Gasteiger partial charge < -0.3 is 14.8 Å². The Morgan fingerprint density at radius 1 is 0.839 bits per heavy atom. The summed E-state index contributed by atoms with van der Waals surface area (Å²) in [5.41, 5.74) is 5.49. The molecule has 0 fully saturated rings. The first-order chi connectivity index (χ1) is 15.2. The van der Waals surface area contributed by atoms with Crippen LogP contribution < -0.4 is 10.1 Å². The molecule has 0 spiro atoms. The first-order valence-corrected chi connectivity index (χ1v) is 10.5. The molecule has 158 valence electrons. The number of fused-ring (bicyclic) bond motifs is 1. The maximum atomic E-state index is 12.1. The molecule has 0 heterocycles. The molecule has 1 amide bonds. The number of aryl methyl sites for hydroxylation is 2. The largest absolute Gasteiger partial charge is 0.482 e. The van der Waals surface area contributed by atoms with E-state index in [1.165, 1.54) is 11.1 Å². The molecule has 4 rings (SSSR count). The van der Waals surface area contributed by atoms with E-state index >= 15 is 0 Å². The van der Waals surface area contributed by atoms with Crippen LogP contribution in [0.15, 0.2) is 72.8 Å². The highest BCUT2D eigenvalue weighted by molar-refractivity contribution is 5.93. The van der Waals surface area contributed by atoms with Gasteiger partial charge in [0, 0.05) is 12.1 Å². The molecule has 3 aromatic rings. The minimum Gasteiger partial charge on any atom is -0.482 e. The average Bonchev–Trinajstić information content (AvgIpc) is 3.26. The number of carbonyl (C=O) groups is 2. The molecule has 1 aliphatic rings. The van der Waals surface area contributed by atoms with Gasteiger partial charge in [0.2, 0.25) is 0 Å². The minimum absolute atomic E-state index is 0.252. The molecule has 3 aromatic carbocycles. The zero-order valence-electron chi connectivity index (χ0n) is 17.3. The molecule has 5 heteroatoms. The summed E-state index contributed by atoms with van der Waals surface area (Å²) in [4.78, 5) is 24.2. The predicted molar refractivity (Wildman–Crippen MR) is 119 cm³/mol. The van der Waals surface area contributed by atoms with E-state index in [0.29, 0.717) is 12.2 Å². The van der Waals surface area contributed by atoms with E-state index < -0.39 is 5.97 Å². The standard InChI is InChI=1S/C26H25NO4/c28-25(27-23-14-13-20-10-6-11-21(20)16-23)17-31-26(29)18-30-24-12-5-4-9-22(24)15-19-7-2-1-3-8-19/h1-5,7-9,12-14,16H,6,10-11,15,17-18H2,(H,27,28). The lowest BCUT2D eigenvalue weighted by atomic mass is 10.0. The van der Waals surface area contributed by atoms with Gasteiger partial charge >= 0.3 is 5.97 Å². The summed E-state index contributed by atoms with van der Waals surface area (Å²) in [6.07, 6.45) is 3.99. The monoisotopic (exact) mass is 415 g/mol. The fourth-order valence-corrected chi connectivity index (χ4v) is 3.78. The first kappa shape index (κ1) is 20.7. The SMILES string of the molecule is O=C(COC(=O)COc1ccccc1Cc1ccccc1)Nc1ccc2c(c1)CCC2. The Kier molecular flexibility index (Phi) is 6.62. The Morgan fingerprint density at radius 3 is 2.48 bits per heavy atom. The molecule has 0 saturated heterocycles. The van der Waals surface area contributed by atoms with E-state index in [1.54, 1.807) is 0 Å². The van der Waals surface area contributed by atoms with Gasteiger partial charge in [0.15, 0.2) is 13.2 Å². The van der Waals surface area contributed by atoms with Gasteiger partial charge in [-0.05, 0) is 59.7 Å². The Bertz CT molecular complexity index is 1060. The van der Waals surface area contributed by atoms with Gasteiger partial charge in [0.05, 0.1) is 0 Å². The van der Waals surface area contributed by atoms with Crippen molar-refractivity contribution in [3.63, 3.8) is 0 Å². The van der Waals surface area contributed by atoms with Gasteiger partial charge in [0.25, 0.3) is 5.91 Å². The third-order valence-electron chi connectivity index (χ3n) is 5.30. The van der Waals surface area contributed by atoms with E-state index in [2.05, 4.69) is 5.32 Å². The molecule has 31 heavy (non-hydrogen) atoms. The van der Waals surface area contributed by atoms with Crippen LogP contribution in [-0.4, -0.2) is 25.1 Å². The summed E-state index contributed by atoms with van der Waals surface area (Å²) >= 11 is 0. The maximum absolute atomic E-state index is 12.1. The summed E-state index contributed by atoms with van der Waals surface area (Å²) in [5.74, 6) is -0.319. The second kappa shape index (κ2) is 9.94. The summed E-state index contributed by atoms with van der Waals surface area (Å²) in [6.45, 7) is -0.594. The quantitative estimate of drug-likeness (QED) is 0.557. The number of amides is 1. The number of esters is 1. The van der Waals surface area contributed by atoms with Gasteiger partial charge in [-0.15, -0.1) is 0 Å². The van der Waals surface area contributed by atoms with Crippen LogP contribution in [0.2, 0.25) is 0 Å².